The molecule has 0 atom stereocenters. The molecule has 0 heterocycles. The van der Waals surface area contributed by atoms with Crippen molar-refractivity contribution < 1.29 is 14.3 Å². The molecule has 0 unspecified atom stereocenters. The summed E-state index contributed by atoms with van der Waals surface area (Å²) in [6.07, 6.45) is 0. The van der Waals surface area contributed by atoms with Crippen LogP contribution in [0.3, 0.4) is 0 Å². The third kappa shape index (κ3) is 5.32. The van der Waals surface area contributed by atoms with Crippen molar-refractivity contribution in [3.05, 3.63) is 58.1 Å². The molecule has 0 radical (unpaired) electrons. The highest BCUT2D eigenvalue weighted by molar-refractivity contribution is 6.42. The molecule has 1 amide bonds. The molecule has 0 saturated heterocycles. The van der Waals surface area contributed by atoms with E-state index in [0.717, 1.165) is 11.3 Å². The Morgan fingerprint density at radius 1 is 1.00 bits per heavy atom. The Hall–Kier alpha value is -1.91. The van der Waals surface area contributed by atoms with Crippen molar-refractivity contribution in [3.8, 4) is 11.5 Å². The number of nitrogens with zero attached hydrogens (tertiary/aromatic N) is 1. The van der Waals surface area contributed by atoms with Crippen molar-refractivity contribution in [3.63, 3.8) is 0 Å². The van der Waals surface area contributed by atoms with Crippen LogP contribution in [0.25, 0.3) is 0 Å². The van der Waals surface area contributed by atoms with Crippen molar-refractivity contribution in [2.75, 3.05) is 20.3 Å². The van der Waals surface area contributed by atoms with Crippen LogP contribution in [0.5, 0.6) is 11.5 Å². The summed E-state index contributed by atoms with van der Waals surface area (Å²) < 4.78 is 10.9. The van der Waals surface area contributed by atoms with Gasteiger partial charge in [-0.2, -0.15) is 0 Å². The Kier molecular flexibility index (Phi) is 6.76. The Balaban J connectivity index is 1.86. The standard InChI is InChI=1S/C18H19Cl2NO3/c1-3-23-14-6-4-13(5-7-14)11-21(2)18(22)12-24-15-8-9-16(19)17(20)10-15/h4-10H,3,11-12H2,1-2H3. The average Bonchev–Trinajstić information content (AvgIpc) is 2.57. The van der Waals surface area contributed by atoms with Gasteiger partial charge in [-0.3, -0.25) is 4.79 Å². The normalized spacial score (nSPS) is 10.3. The predicted octanol–water partition coefficient (Wildman–Crippen LogP) is 4.43. The monoisotopic (exact) mass is 367 g/mol. The van der Waals surface area contributed by atoms with Crippen LogP contribution in [0.1, 0.15) is 12.5 Å². The molecule has 0 N–H and O–H groups in total. The summed E-state index contributed by atoms with van der Waals surface area (Å²) in [5, 5.41) is 0.840. The molecule has 0 aliphatic carbocycles. The molecule has 0 bridgehead atoms. The first-order valence-corrected chi connectivity index (χ1v) is 8.28. The van der Waals surface area contributed by atoms with Crippen LogP contribution >= 0.6 is 23.2 Å². The van der Waals surface area contributed by atoms with Gasteiger partial charge in [0.1, 0.15) is 11.5 Å². The molecule has 0 aliphatic heterocycles. The van der Waals surface area contributed by atoms with Gasteiger partial charge in [-0.1, -0.05) is 35.3 Å². The summed E-state index contributed by atoms with van der Waals surface area (Å²) in [6, 6.07) is 12.6. The lowest BCUT2D eigenvalue weighted by Gasteiger charge is -2.18. The summed E-state index contributed by atoms with van der Waals surface area (Å²) in [5.74, 6) is 1.19. The van der Waals surface area contributed by atoms with E-state index in [1.807, 2.05) is 31.2 Å². The molecular weight excluding hydrogens is 349 g/mol. The zero-order valence-corrected chi connectivity index (χ0v) is 15.1. The molecule has 128 valence electrons. The minimum atomic E-state index is -0.130. The van der Waals surface area contributed by atoms with Gasteiger partial charge in [0, 0.05) is 19.7 Å². The third-order valence-electron chi connectivity index (χ3n) is 3.33. The van der Waals surface area contributed by atoms with Crippen molar-refractivity contribution in [1.29, 1.82) is 0 Å². The number of hydrogen-bond acceptors (Lipinski definition) is 3. The zero-order valence-electron chi connectivity index (χ0n) is 13.6. The van der Waals surface area contributed by atoms with Gasteiger partial charge in [0.15, 0.2) is 6.61 Å². The highest BCUT2D eigenvalue weighted by atomic mass is 35.5. The van der Waals surface area contributed by atoms with E-state index in [1.54, 1.807) is 30.1 Å². The number of hydrogen-bond donors (Lipinski definition) is 0. The fraction of sp³-hybridized carbons (Fsp3) is 0.278. The number of amides is 1. The maximum absolute atomic E-state index is 12.2. The van der Waals surface area contributed by atoms with E-state index >= 15 is 0 Å². The van der Waals surface area contributed by atoms with Crippen molar-refractivity contribution in [1.82, 2.24) is 4.90 Å². The first-order valence-electron chi connectivity index (χ1n) is 7.53. The second-order valence-corrected chi connectivity index (χ2v) is 6.01. The van der Waals surface area contributed by atoms with Crippen molar-refractivity contribution >= 4 is 29.1 Å². The van der Waals surface area contributed by atoms with Crippen LogP contribution in [-0.2, 0) is 11.3 Å². The largest absolute Gasteiger partial charge is 0.494 e. The molecule has 6 heteroatoms. The van der Waals surface area contributed by atoms with E-state index in [-0.39, 0.29) is 12.5 Å². The van der Waals surface area contributed by atoms with E-state index in [4.69, 9.17) is 32.7 Å². The van der Waals surface area contributed by atoms with E-state index in [0.29, 0.717) is 28.9 Å². The second kappa shape index (κ2) is 8.81. The molecule has 0 spiro atoms. The molecular formula is C18H19Cl2NO3. The minimum absolute atomic E-state index is 0.0640. The van der Waals surface area contributed by atoms with E-state index in [1.165, 1.54) is 0 Å². The van der Waals surface area contributed by atoms with Crippen LogP contribution in [0.15, 0.2) is 42.5 Å². The summed E-state index contributed by atoms with van der Waals surface area (Å²) in [4.78, 5) is 13.8. The first kappa shape index (κ1) is 18.4. The Morgan fingerprint density at radius 2 is 1.67 bits per heavy atom. The summed E-state index contributed by atoms with van der Waals surface area (Å²) in [6.45, 7) is 3.00. The second-order valence-electron chi connectivity index (χ2n) is 5.19. The molecule has 0 aliphatic rings. The number of benzene rings is 2. The van der Waals surface area contributed by atoms with Gasteiger partial charge in [-0.05, 0) is 36.8 Å². The quantitative estimate of drug-likeness (QED) is 0.726. The lowest BCUT2D eigenvalue weighted by atomic mass is 10.2. The Labute approximate surface area is 151 Å². The molecule has 0 saturated carbocycles. The van der Waals surface area contributed by atoms with Crippen LogP contribution < -0.4 is 9.47 Å². The van der Waals surface area contributed by atoms with E-state index in [2.05, 4.69) is 0 Å². The van der Waals surface area contributed by atoms with Crippen LogP contribution in [0, 0.1) is 0 Å². The zero-order chi connectivity index (χ0) is 17.5. The smallest absolute Gasteiger partial charge is 0.260 e. The summed E-state index contributed by atoms with van der Waals surface area (Å²) in [7, 11) is 1.73. The fourth-order valence-electron chi connectivity index (χ4n) is 2.04. The number of carbonyl (C=O) groups excluding carboxylic acids is 1. The maximum atomic E-state index is 12.2. The van der Waals surface area contributed by atoms with Gasteiger partial charge in [0.2, 0.25) is 0 Å². The van der Waals surface area contributed by atoms with Gasteiger partial charge < -0.3 is 14.4 Å². The van der Waals surface area contributed by atoms with Gasteiger partial charge >= 0.3 is 0 Å². The highest BCUT2D eigenvalue weighted by Crippen LogP contribution is 2.26. The molecule has 4 nitrogen and oxygen atoms in total. The van der Waals surface area contributed by atoms with Gasteiger partial charge in [-0.15, -0.1) is 0 Å². The van der Waals surface area contributed by atoms with Crippen LogP contribution in [-0.4, -0.2) is 31.1 Å². The Morgan fingerprint density at radius 3 is 2.29 bits per heavy atom. The highest BCUT2D eigenvalue weighted by Gasteiger charge is 2.11. The number of carbonyl (C=O) groups is 1. The fourth-order valence-corrected chi connectivity index (χ4v) is 2.33. The van der Waals surface area contributed by atoms with Gasteiger partial charge in [-0.25, -0.2) is 0 Å². The number of halogens is 2. The molecule has 24 heavy (non-hydrogen) atoms. The third-order valence-corrected chi connectivity index (χ3v) is 4.07. The lowest BCUT2D eigenvalue weighted by molar-refractivity contribution is -0.132. The number of likely N-dealkylation sites (N-methyl/N-ethyl adjacent to an activating group) is 1. The van der Waals surface area contributed by atoms with Crippen LogP contribution in [0.4, 0.5) is 0 Å². The Bertz CT molecular complexity index is 689. The molecule has 2 aromatic rings. The van der Waals surface area contributed by atoms with Gasteiger partial charge in [0.05, 0.1) is 16.7 Å². The van der Waals surface area contributed by atoms with Crippen LogP contribution in [0.2, 0.25) is 10.0 Å². The molecule has 0 fully saturated rings. The van der Waals surface area contributed by atoms with E-state index < -0.39 is 0 Å². The topological polar surface area (TPSA) is 38.8 Å². The maximum Gasteiger partial charge on any atom is 0.260 e. The SMILES string of the molecule is CCOc1ccc(CN(C)C(=O)COc2ccc(Cl)c(Cl)c2)cc1. The van der Waals surface area contributed by atoms with Gasteiger partial charge in [0.25, 0.3) is 5.91 Å². The average molecular weight is 368 g/mol. The predicted molar refractivity (Wildman–Crippen MR) is 96.0 cm³/mol. The first-order chi connectivity index (χ1) is 11.5. The molecule has 0 aromatic heterocycles. The summed E-state index contributed by atoms with van der Waals surface area (Å²) >= 11 is 11.8. The minimum Gasteiger partial charge on any atom is -0.494 e. The van der Waals surface area contributed by atoms with E-state index in [9.17, 15) is 4.79 Å². The van der Waals surface area contributed by atoms with Crippen molar-refractivity contribution in [2.45, 2.75) is 13.5 Å². The lowest BCUT2D eigenvalue weighted by Crippen LogP contribution is -2.30. The molecule has 2 aromatic carbocycles. The molecule has 2 rings (SSSR count). The number of rotatable bonds is 7. The summed E-state index contributed by atoms with van der Waals surface area (Å²) in [5.41, 5.74) is 1.02. The van der Waals surface area contributed by atoms with Crippen molar-refractivity contribution in [2.24, 2.45) is 0 Å². The number of ether oxygens (including phenoxy) is 2.